The third kappa shape index (κ3) is 3.36. The van der Waals surface area contributed by atoms with Crippen molar-refractivity contribution in [2.24, 2.45) is 0 Å². The first-order chi connectivity index (χ1) is 9.10. The Morgan fingerprint density at radius 3 is 2.63 bits per heavy atom. The average Bonchev–Trinajstić information content (AvgIpc) is 2.39. The Balaban J connectivity index is 2.17. The van der Waals surface area contributed by atoms with Gasteiger partial charge in [0.1, 0.15) is 6.07 Å². The van der Waals surface area contributed by atoms with E-state index in [1.165, 1.54) is 16.7 Å². The first-order valence-corrected chi connectivity index (χ1v) is 6.89. The zero-order valence-corrected chi connectivity index (χ0v) is 12.6. The van der Waals surface area contributed by atoms with Gasteiger partial charge < -0.3 is 5.32 Å². The molecule has 0 saturated heterocycles. The number of hydrogen-bond acceptors (Lipinski definition) is 2. The van der Waals surface area contributed by atoms with Crippen molar-refractivity contribution in [2.45, 2.75) is 20.4 Å². The summed E-state index contributed by atoms with van der Waals surface area (Å²) in [5.74, 6) is 0. The van der Waals surface area contributed by atoms with E-state index in [0.29, 0.717) is 5.56 Å². The van der Waals surface area contributed by atoms with Gasteiger partial charge in [-0.1, -0.05) is 39.7 Å². The lowest BCUT2D eigenvalue weighted by Gasteiger charge is -2.11. The monoisotopic (exact) mass is 314 g/mol. The fourth-order valence-electron chi connectivity index (χ4n) is 2.00. The molecular formula is C16H15BrN2. The lowest BCUT2D eigenvalue weighted by molar-refractivity contribution is 1.11. The molecule has 0 amide bonds. The van der Waals surface area contributed by atoms with E-state index >= 15 is 0 Å². The van der Waals surface area contributed by atoms with Crippen molar-refractivity contribution in [3.63, 3.8) is 0 Å². The van der Waals surface area contributed by atoms with Crippen molar-refractivity contribution in [3.8, 4) is 6.07 Å². The zero-order valence-electron chi connectivity index (χ0n) is 11.0. The minimum Gasteiger partial charge on any atom is -0.380 e. The third-order valence-corrected chi connectivity index (χ3v) is 3.56. The van der Waals surface area contributed by atoms with Crippen LogP contribution in [0.3, 0.4) is 0 Å². The lowest BCUT2D eigenvalue weighted by atomic mass is 10.1. The molecule has 0 radical (unpaired) electrons. The van der Waals surface area contributed by atoms with Crippen LogP contribution < -0.4 is 5.32 Å². The lowest BCUT2D eigenvalue weighted by Crippen LogP contribution is -2.03. The summed E-state index contributed by atoms with van der Waals surface area (Å²) in [6.07, 6.45) is 0. The number of nitrogens with zero attached hydrogens (tertiary/aromatic N) is 1. The topological polar surface area (TPSA) is 35.8 Å². The minimum absolute atomic E-state index is 0.652. The molecule has 19 heavy (non-hydrogen) atoms. The van der Waals surface area contributed by atoms with Gasteiger partial charge in [0.05, 0.1) is 11.3 Å². The summed E-state index contributed by atoms with van der Waals surface area (Å²) >= 11 is 3.37. The normalized spacial score (nSPS) is 10.0. The molecule has 0 aliphatic heterocycles. The van der Waals surface area contributed by atoms with Gasteiger partial charge in [0.15, 0.2) is 0 Å². The molecule has 2 nitrogen and oxygen atoms in total. The Morgan fingerprint density at radius 2 is 1.95 bits per heavy atom. The molecular weight excluding hydrogens is 300 g/mol. The fraction of sp³-hybridized carbons (Fsp3) is 0.188. The van der Waals surface area contributed by atoms with E-state index in [2.05, 4.69) is 59.4 Å². The smallest absolute Gasteiger partial charge is 0.101 e. The average molecular weight is 315 g/mol. The predicted molar refractivity (Wildman–Crippen MR) is 82.1 cm³/mol. The second kappa shape index (κ2) is 5.90. The van der Waals surface area contributed by atoms with E-state index in [9.17, 15) is 0 Å². The fourth-order valence-corrected chi connectivity index (χ4v) is 2.36. The van der Waals surface area contributed by atoms with E-state index in [0.717, 1.165) is 16.7 Å². The van der Waals surface area contributed by atoms with Crippen LogP contribution >= 0.6 is 15.9 Å². The molecule has 0 heterocycles. The van der Waals surface area contributed by atoms with Gasteiger partial charge in [0.2, 0.25) is 0 Å². The van der Waals surface area contributed by atoms with Crippen LogP contribution in [0.4, 0.5) is 5.69 Å². The summed E-state index contributed by atoms with van der Waals surface area (Å²) in [4.78, 5) is 0. The highest BCUT2D eigenvalue weighted by Crippen LogP contribution is 2.21. The van der Waals surface area contributed by atoms with E-state index in [1.54, 1.807) is 0 Å². The Labute approximate surface area is 122 Å². The Kier molecular flexibility index (Phi) is 4.24. The van der Waals surface area contributed by atoms with Gasteiger partial charge in [-0.05, 0) is 43.2 Å². The number of rotatable bonds is 3. The summed E-state index contributed by atoms with van der Waals surface area (Å²) in [5.41, 5.74) is 5.30. The second-order valence-corrected chi connectivity index (χ2v) is 5.50. The van der Waals surface area contributed by atoms with E-state index in [1.807, 2.05) is 18.2 Å². The van der Waals surface area contributed by atoms with Gasteiger partial charge in [-0.2, -0.15) is 5.26 Å². The Morgan fingerprint density at radius 1 is 1.16 bits per heavy atom. The van der Waals surface area contributed by atoms with Crippen LogP contribution in [0.5, 0.6) is 0 Å². The van der Waals surface area contributed by atoms with Crippen LogP contribution in [0.15, 0.2) is 40.9 Å². The van der Waals surface area contributed by atoms with Crippen LogP contribution in [0.25, 0.3) is 0 Å². The summed E-state index contributed by atoms with van der Waals surface area (Å²) in [5, 5.41) is 12.4. The molecule has 0 fully saturated rings. The number of nitriles is 1. The van der Waals surface area contributed by atoms with E-state index in [4.69, 9.17) is 5.26 Å². The molecule has 0 aliphatic rings. The van der Waals surface area contributed by atoms with Crippen LogP contribution in [-0.2, 0) is 6.54 Å². The maximum Gasteiger partial charge on any atom is 0.101 e. The molecule has 2 rings (SSSR count). The van der Waals surface area contributed by atoms with Crippen LogP contribution in [0, 0.1) is 25.2 Å². The van der Waals surface area contributed by atoms with Crippen LogP contribution in [0.1, 0.15) is 22.3 Å². The highest BCUT2D eigenvalue weighted by Gasteiger charge is 2.04. The van der Waals surface area contributed by atoms with Gasteiger partial charge in [0.25, 0.3) is 0 Å². The SMILES string of the molecule is Cc1ccc(CNc2ccc(Br)cc2C#N)c(C)c1. The molecule has 0 saturated carbocycles. The summed E-state index contributed by atoms with van der Waals surface area (Å²) < 4.78 is 0.918. The molecule has 96 valence electrons. The molecule has 1 N–H and O–H groups in total. The minimum atomic E-state index is 0.652. The third-order valence-electron chi connectivity index (χ3n) is 3.07. The Bertz CT molecular complexity index is 642. The summed E-state index contributed by atoms with van der Waals surface area (Å²) in [6.45, 7) is 4.92. The highest BCUT2D eigenvalue weighted by atomic mass is 79.9. The first kappa shape index (κ1) is 13.6. The molecule has 0 aromatic heterocycles. The maximum atomic E-state index is 9.12. The molecule has 2 aromatic rings. The molecule has 0 spiro atoms. The number of anilines is 1. The number of aryl methyl sites for hydroxylation is 2. The highest BCUT2D eigenvalue weighted by molar-refractivity contribution is 9.10. The number of nitrogens with one attached hydrogen (secondary N) is 1. The summed E-state index contributed by atoms with van der Waals surface area (Å²) in [6, 6.07) is 14.3. The predicted octanol–water partition coefficient (Wildman–Crippen LogP) is 4.55. The number of halogens is 1. The van der Waals surface area contributed by atoms with E-state index < -0.39 is 0 Å². The van der Waals surface area contributed by atoms with Crippen molar-refractivity contribution in [2.75, 3.05) is 5.32 Å². The van der Waals surface area contributed by atoms with E-state index in [-0.39, 0.29) is 0 Å². The number of hydrogen-bond donors (Lipinski definition) is 1. The molecule has 3 heteroatoms. The van der Waals surface area contributed by atoms with Gasteiger partial charge in [0, 0.05) is 11.0 Å². The van der Waals surface area contributed by atoms with Crippen LogP contribution in [-0.4, -0.2) is 0 Å². The van der Waals surface area contributed by atoms with Gasteiger partial charge in [-0.3, -0.25) is 0 Å². The number of benzene rings is 2. The first-order valence-electron chi connectivity index (χ1n) is 6.10. The molecule has 0 bridgehead atoms. The van der Waals surface area contributed by atoms with Crippen LogP contribution in [0.2, 0.25) is 0 Å². The molecule has 0 unspecified atom stereocenters. The molecule has 0 aliphatic carbocycles. The zero-order chi connectivity index (χ0) is 13.8. The second-order valence-electron chi connectivity index (χ2n) is 4.59. The van der Waals surface area contributed by atoms with Gasteiger partial charge in [-0.25, -0.2) is 0 Å². The summed E-state index contributed by atoms with van der Waals surface area (Å²) in [7, 11) is 0. The van der Waals surface area contributed by atoms with Crippen molar-refractivity contribution in [1.29, 1.82) is 5.26 Å². The quantitative estimate of drug-likeness (QED) is 0.902. The van der Waals surface area contributed by atoms with Crippen molar-refractivity contribution >= 4 is 21.6 Å². The standard InChI is InChI=1S/C16H15BrN2/c1-11-3-4-13(12(2)7-11)10-19-16-6-5-15(17)8-14(16)9-18/h3-8,19H,10H2,1-2H3. The van der Waals surface area contributed by atoms with Gasteiger partial charge >= 0.3 is 0 Å². The molecule has 2 aromatic carbocycles. The van der Waals surface area contributed by atoms with Gasteiger partial charge in [-0.15, -0.1) is 0 Å². The molecule has 0 atom stereocenters. The largest absolute Gasteiger partial charge is 0.380 e. The Hall–Kier alpha value is -1.79. The van der Waals surface area contributed by atoms with Crippen molar-refractivity contribution < 1.29 is 0 Å². The van der Waals surface area contributed by atoms with Crippen molar-refractivity contribution in [1.82, 2.24) is 0 Å². The maximum absolute atomic E-state index is 9.12. The van der Waals surface area contributed by atoms with Crippen molar-refractivity contribution in [3.05, 3.63) is 63.1 Å².